The molecule has 1 fully saturated rings. The van der Waals surface area contributed by atoms with Gasteiger partial charge in [0.1, 0.15) is 11.4 Å². The first-order valence-electron chi connectivity index (χ1n) is 12.1. The second-order valence-corrected chi connectivity index (χ2v) is 9.32. The third-order valence-electron chi connectivity index (χ3n) is 6.69. The van der Waals surface area contributed by atoms with Crippen LogP contribution >= 0.6 is 0 Å². The molecule has 2 heterocycles. The number of nitrogens with one attached hydrogen (secondary N) is 2. The van der Waals surface area contributed by atoms with Crippen LogP contribution < -0.4 is 22.1 Å². The number of hydrogen-bond acceptors (Lipinski definition) is 6. The van der Waals surface area contributed by atoms with Gasteiger partial charge in [0.2, 0.25) is 5.95 Å². The fraction of sp³-hybridized carbons (Fsp3) is 0.296. The summed E-state index contributed by atoms with van der Waals surface area (Å²) in [5.41, 5.74) is 16.6. The Labute approximate surface area is 204 Å². The van der Waals surface area contributed by atoms with Crippen LogP contribution in [0.15, 0.2) is 60.9 Å². The van der Waals surface area contributed by atoms with Gasteiger partial charge in [0.25, 0.3) is 5.91 Å². The minimum absolute atomic E-state index is 0.0569. The van der Waals surface area contributed by atoms with E-state index in [9.17, 15) is 4.79 Å². The number of aromatic nitrogens is 3. The molecule has 4 aromatic rings. The van der Waals surface area contributed by atoms with Crippen LogP contribution in [0.1, 0.15) is 47.2 Å². The van der Waals surface area contributed by atoms with Crippen molar-refractivity contribution in [1.29, 1.82) is 0 Å². The van der Waals surface area contributed by atoms with Crippen molar-refractivity contribution in [2.45, 2.75) is 51.2 Å². The number of fused-ring (bicyclic) bond motifs is 1. The number of rotatable bonds is 7. The predicted molar refractivity (Wildman–Crippen MR) is 140 cm³/mol. The molecule has 2 unspecified atom stereocenters. The Bertz CT molecular complexity index is 1360. The Morgan fingerprint density at radius 3 is 2.77 bits per heavy atom. The second kappa shape index (κ2) is 9.76. The Kier molecular flexibility index (Phi) is 6.37. The Balaban J connectivity index is 1.44. The molecule has 0 saturated heterocycles. The zero-order valence-electron chi connectivity index (χ0n) is 19.9. The molecule has 1 saturated carbocycles. The van der Waals surface area contributed by atoms with E-state index in [2.05, 4.69) is 74.7 Å². The van der Waals surface area contributed by atoms with E-state index in [1.165, 1.54) is 17.3 Å². The molecule has 1 aliphatic carbocycles. The molecular weight excluding hydrogens is 438 g/mol. The molecule has 1 amide bonds. The summed E-state index contributed by atoms with van der Waals surface area (Å²) in [5.74, 6) is 0.222. The summed E-state index contributed by atoms with van der Waals surface area (Å²) in [6.07, 6.45) is 7.75. The lowest BCUT2D eigenvalue weighted by Crippen LogP contribution is -2.43. The Morgan fingerprint density at radius 1 is 1.14 bits per heavy atom. The van der Waals surface area contributed by atoms with Crippen LogP contribution in [0.4, 0.5) is 17.5 Å². The summed E-state index contributed by atoms with van der Waals surface area (Å²) in [4.78, 5) is 21.1. The zero-order chi connectivity index (χ0) is 24.4. The van der Waals surface area contributed by atoms with E-state index < -0.39 is 5.91 Å². The topological polar surface area (TPSA) is 124 Å². The van der Waals surface area contributed by atoms with Gasteiger partial charge in [0.05, 0.1) is 5.52 Å². The van der Waals surface area contributed by atoms with Crippen LogP contribution in [0.5, 0.6) is 0 Å². The number of anilines is 3. The number of nitrogens with zero attached hydrogens (tertiary/aromatic N) is 3. The van der Waals surface area contributed by atoms with Crippen LogP contribution in [-0.2, 0) is 6.54 Å². The number of carbonyl (C=O) groups excluding carboxylic acids is 1. The van der Waals surface area contributed by atoms with Crippen LogP contribution in [0.3, 0.4) is 0 Å². The molecule has 0 aliphatic heterocycles. The molecule has 8 nitrogen and oxygen atoms in total. The first-order chi connectivity index (χ1) is 17.0. The number of hydrogen-bond donors (Lipinski definition) is 4. The van der Waals surface area contributed by atoms with Crippen molar-refractivity contribution in [2.24, 2.45) is 11.5 Å². The van der Waals surface area contributed by atoms with Crippen LogP contribution in [0.25, 0.3) is 10.9 Å². The average molecular weight is 470 g/mol. The SMILES string of the molecule is Cc1cccc(Cn2ccc3c(Nc4nc(NC5CCCCC5N)ncc4C(N)=O)cccc32)c1. The number of carbonyl (C=O) groups is 1. The summed E-state index contributed by atoms with van der Waals surface area (Å²) in [6, 6.07) is 16.8. The second-order valence-electron chi connectivity index (χ2n) is 9.32. The largest absolute Gasteiger partial charge is 0.365 e. The molecule has 0 radical (unpaired) electrons. The molecule has 180 valence electrons. The van der Waals surface area contributed by atoms with Gasteiger partial charge in [-0.2, -0.15) is 4.98 Å². The predicted octanol–water partition coefficient (Wildman–Crippen LogP) is 4.31. The minimum atomic E-state index is -0.586. The molecule has 0 spiro atoms. The molecular formula is C27H31N7O. The minimum Gasteiger partial charge on any atom is -0.365 e. The van der Waals surface area contributed by atoms with Crippen molar-refractivity contribution in [1.82, 2.24) is 14.5 Å². The van der Waals surface area contributed by atoms with Crippen molar-refractivity contribution in [3.63, 3.8) is 0 Å². The van der Waals surface area contributed by atoms with Crippen LogP contribution in [-0.4, -0.2) is 32.5 Å². The number of nitrogens with two attached hydrogens (primary N) is 2. The lowest BCUT2D eigenvalue weighted by molar-refractivity contribution is 0.100. The average Bonchev–Trinajstić information content (AvgIpc) is 3.24. The van der Waals surface area contributed by atoms with E-state index in [4.69, 9.17) is 11.5 Å². The van der Waals surface area contributed by atoms with Crippen LogP contribution in [0, 0.1) is 6.92 Å². The molecule has 2 aromatic heterocycles. The highest BCUT2D eigenvalue weighted by molar-refractivity contribution is 6.00. The van der Waals surface area contributed by atoms with E-state index in [1.807, 2.05) is 12.1 Å². The lowest BCUT2D eigenvalue weighted by Gasteiger charge is -2.29. The Morgan fingerprint density at radius 2 is 1.97 bits per heavy atom. The summed E-state index contributed by atoms with van der Waals surface area (Å²) in [6.45, 7) is 2.87. The maximum Gasteiger partial charge on any atom is 0.254 e. The van der Waals surface area contributed by atoms with Gasteiger partial charge < -0.3 is 26.7 Å². The van der Waals surface area contributed by atoms with Crippen molar-refractivity contribution >= 4 is 34.3 Å². The number of aryl methyl sites for hydroxylation is 1. The van der Waals surface area contributed by atoms with Crippen molar-refractivity contribution in [3.05, 3.63) is 77.6 Å². The van der Waals surface area contributed by atoms with Gasteiger partial charge >= 0.3 is 0 Å². The third kappa shape index (κ3) is 4.97. The lowest BCUT2D eigenvalue weighted by atomic mass is 9.91. The number of primary amides is 1. The quantitative estimate of drug-likeness (QED) is 0.320. The fourth-order valence-corrected chi connectivity index (χ4v) is 4.84. The Hall–Kier alpha value is -3.91. The highest BCUT2D eigenvalue weighted by Gasteiger charge is 2.23. The van der Waals surface area contributed by atoms with E-state index in [1.54, 1.807) is 0 Å². The summed E-state index contributed by atoms with van der Waals surface area (Å²) >= 11 is 0. The van der Waals surface area contributed by atoms with Crippen LogP contribution in [0.2, 0.25) is 0 Å². The maximum atomic E-state index is 12.1. The van der Waals surface area contributed by atoms with Crippen molar-refractivity contribution < 1.29 is 4.79 Å². The van der Waals surface area contributed by atoms with E-state index >= 15 is 0 Å². The van der Waals surface area contributed by atoms with Gasteiger partial charge in [0.15, 0.2) is 0 Å². The fourth-order valence-electron chi connectivity index (χ4n) is 4.84. The van der Waals surface area contributed by atoms with E-state index in [-0.39, 0.29) is 17.6 Å². The summed E-state index contributed by atoms with van der Waals surface area (Å²) < 4.78 is 2.21. The maximum absolute atomic E-state index is 12.1. The first kappa shape index (κ1) is 22.9. The molecule has 5 rings (SSSR count). The van der Waals surface area contributed by atoms with Crippen molar-refractivity contribution in [3.8, 4) is 0 Å². The van der Waals surface area contributed by atoms with E-state index in [0.29, 0.717) is 11.8 Å². The number of benzene rings is 2. The number of amides is 1. The first-order valence-corrected chi connectivity index (χ1v) is 12.1. The zero-order valence-corrected chi connectivity index (χ0v) is 19.9. The molecule has 6 N–H and O–H groups in total. The normalized spacial score (nSPS) is 17.9. The van der Waals surface area contributed by atoms with Gasteiger partial charge in [-0.05, 0) is 43.5 Å². The van der Waals surface area contributed by atoms with Gasteiger partial charge in [0, 0.05) is 42.1 Å². The van der Waals surface area contributed by atoms with Gasteiger partial charge in [-0.25, -0.2) is 4.98 Å². The van der Waals surface area contributed by atoms with Gasteiger partial charge in [-0.3, -0.25) is 4.79 Å². The molecule has 1 aliphatic rings. The standard InChI is InChI=1S/C27H31N7O/c1-17-6-4-7-18(14-17)16-34-13-12-19-22(10-5-11-24(19)34)31-26-20(25(29)35)15-30-27(33-26)32-23-9-3-2-8-21(23)28/h4-7,10-15,21,23H,2-3,8-9,16,28H2,1H3,(H2,29,35)(H2,30,31,32,33). The third-order valence-corrected chi connectivity index (χ3v) is 6.69. The molecule has 0 bridgehead atoms. The van der Waals surface area contributed by atoms with Crippen molar-refractivity contribution in [2.75, 3.05) is 10.6 Å². The summed E-state index contributed by atoms with van der Waals surface area (Å²) in [5, 5.41) is 7.71. The highest BCUT2D eigenvalue weighted by atomic mass is 16.1. The monoisotopic (exact) mass is 469 g/mol. The smallest absolute Gasteiger partial charge is 0.254 e. The molecule has 2 atom stereocenters. The van der Waals surface area contributed by atoms with Gasteiger partial charge in [-0.15, -0.1) is 0 Å². The highest BCUT2D eigenvalue weighted by Crippen LogP contribution is 2.29. The molecule has 8 heteroatoms. The molecule has 35 heavy (non-hydrogen) atoms. The van der Waals surface area contributed by atoms with Gasteiger partial charge in [-0.1, -0.05) is 48.7 Å². The van der Waals surface area contributed by atoms with E-state index in [0.717, 1.165) is 48.8 Å². The summed E-state index contributed by atoms with van der Waals surface area (Å²) in [7, 11) is 0. The molecule has 2 aromatic carbocycles.